The summed E-state index contributed by atoms with van der Waals surface area (Å²) in [5, 5.41) is 8.46. The summed E-state index contributed by atoms with van der Waals surface area (Å²) in [6, 6.07) is 0. The number of hydrogen-bond donors (Lipinski definition) is 1. The topological polar surface area (TPSA) is 46.5 Å². The van der Waals surface area contributed by atoms with Crippen molar-refractivity contribution in [2.24, 2.45) is 0 Å². The zero-order valence-electron chi connectivity index (χ0n) is 6.66. The van der Waals surface area contributed by atoms with Gasteiger partial charge in [-0.25, -0.2) is 0 Å². The van der Waals surface area contributed by atoms with Crippen LogP contribution in [0.5, 0.6) is 0 Å². The maximum Gasteiger partial charge on any atom is 0.293 e. The van der Waals surface area contributed by atoms with Gasteiger partial charge in [0, 0.05) is 6.61 Å². The van der Waals surface area contributed by atoms with E-state index in [4.69, 9.17) is 9.84 Å². The van der Waals surface area contributed by atoms with E-state index < -0.39 is 0 Å². The van der Waals surface area contributed by atoms with Crippen LogP contribution in [0.25, 0.3) is 0 Å². The lowest BCUT2D eigenvalue weighted by Crippen LogP contribution is -2.10. The molecule has 0 aromatic rings. The number of carbonyl (C=O) groups is 1. The zero-order chi connectivity index (χ0) is 8.53. The van der Waals surface area contributed by atoms with Gasteiger partial charge in [-0.3, -0.25) is 4.79 Å². The van der Waals surface area contributed by atoms with Gasteiger partial charge in [0.1, 0.15) is 6.10 Å². The number of aliphatic hydroxyl groups excluding tert-OH is 1. The van der Waals surface area contributed by atoms with Gasteiger partial charge >= 0.3 is 0 Å². The van der Waals surface area contributed by atoms with Gasteiger partial charge in [-0.2, -0.15) is 0 Å². The van der Waals surface area contributed by atoms with Gasteiger partial charge in [0.25, 0.3) is 6.47 Å². The van der Waals surface area contributed by atoms with Crippen LogP contribution in [0.2, 0.25) is 0 Å². The summed E-state index contributed by atoms with van der Waals surface area (Å²) in [6.45, 7) is 4.29. The van der Waals surface area contributed by atoms with Crippen LogP contribution in [0.1, 0.15) is 25.7 Å². The van der Waals surface area contributed by atoms with Crippen molar-refractivity contribution in [3.63, 3.8) is 0 Å². The van der Waals surface area contributed by atoms with Gasteiger partial charge in [0.05, 0.1) is 0 Å². The fourth-order valence-corrected chi connectivity index (χ4v) is 0.843. The van der Waals surface area contributed by atoms with Crippen LogP contribution in [0.15, 0.2) is 0 Å². The van der Waals surface area contributed by atoms with E-state index in [1.165, 1.54) is 0 Å². The molecule has 1 radical (unpaired) electrons. The summed E-state index contributed by atoms with van der Waals surface area (Å²) in [7, 11) is 0. The third kappa shape index (κ3) is 5.85. The van der Waals surface area contributed by atoms with E-state index >= 15 is 0 Å². The molecule has 0 fully saturated rings. The molecule has 0 aromatic heterocycles. The minimum absolute atomic E-state index is 0.0703. The summed E-state index contributed by atoms with van der Waals surface area (Å²) in [5.41, 5.74) is 0. The predicted octanol–water partition coefficient (Wildman–Crippen LogP) is 0.915. The number of carbonyl (C=O) groups excluding carboxylic acids is 1. The summed E-state index contributed by atoms with van der Waals surface area (Å²) in [6.07, 6.45) is 2.97. The van der Waals surface area contributed by atoms with Gasteiger partial charge in [0.2, 0.25) is 0 Å². The number of unbranched alkanes of at least 4 members (excludes halogenated alkanes) is 1. The second-order valence-electron chi connectivity index (χ2n) is 2.36. The molecule has 0 saturated heterocycles. The average Bonchev–Trinajstić information content (AvgIpc) is 2.03. The van der Waals surface area contributed by atoms with Crippen molar-refractivity contribution in [2.45, 2.75) is 31.8 Å². The van der Waals surface area contributed by atoms with E-state index in [-0.39, 0.29) is 12.7 Å². The van der Waals surface area contributed by atoms with Crippen LogP contribution >= 0.6 is 0 Å². The highest BCUT2D eigenvalue weighted by Gasteiger charge is 2.04. The largest absolute Gasteiger partial charge is 0.465 e. The maximum atomic E-state index is 9.91. The molecule has 0 spiro atoms. The van der Waals surface area contributed by atoms with Crippen LogP contribution in [0.3, 0.4) is 0 Å². The number of rotatable bonds is 7. The van der Waals surface area contributed by atoms with Crippen LogP contribution in [0.4, 0.5) is 0 Å². The number of aliphatic hydroxyl groups is 1. The predicted molar refractivity (Wildman–Crippen MR) is 41.8 cm³/mol. The van der Waals surface area contributed by atoms with Gasteiger partial charge in [-0.1, -0.05) is 0 Å². The molecule has 0 bridgehead atoms. The molecule has 3 nitrogen and oxygen atoms in total. The standard InChI is InChI=1S/C8H15O3/c1-2-8(11-7-10)5-3-4-6-9/h7-9H,1-6H2. The first-order valence-electron chi connectivity index (χ1n) is 3.84. The highest BCUT2D eigenvalue weighted by atomic mass is 16.5. The minimum Gasteiger partial charge on any atom is -0.465 e. The van der Waals surface area contributed by atoms with E-state index in [0.717, 1.165) is 19.3 Å². The van der Waals surface area contributed by atoms with Crippen molar-refractivity contribution in [3.05, 3.63) is 6.92 Å². The van der Waals surface area contributed by atoms with Gasteiger partial charge < -0.3 is 9.84 Å². The molecule has 0 saturated carbocycles. The Morgan fingerprint density at radius 2 is 2.27 bits per heavy atom. The Labute approximate surface area is 67.4 Å². The Bertz CT molecular complexity index is 93.3. The van der Waals surface area contributed by atoms with Crippen molar-refractivity contribution in [2.75, 3.05) is 6.61 Å². The molecular weight excluding hydrogens is 144 g/mol. The highest BCUT2D eigenvalue weighted by Crippen LogP contribution is 2.06. The lowest BCUT2D eigenvalue weighted by molar-refractivity contribution is -0.133. The summed E-state index contributed by atoms with van der Waals surface area (Å²) in [5.74, 6) is 0. The van der Waals surface area contributed by atoms with Crippen LogP contribution in [-0.2, 0) is 9.53 Å². The van der Waals surface area contributed by atoms with Gasteiger partial charge in [0.15, 0.2) is 0 Å². The van der Waals surface area contributed by atoms with E-state index in [9.17, 15) is 4.79 Å². The lowest BCUT2D eigenvalue weighted by atomic mass is 10.1. The Morgan fingerprint density at radius 1 is 1.55 bits per heavy atom. The average molecular weight is 159 g/mol. The zero-order valence-corrected chi connectivity index (χ0v) is 6.66. The second kappa shape index (κ2) is 7.54. The first-order valence-corrected chi connectivity index (χ1v) is 3.84. The smallest absolute Gasteiger partial charge is 0.293 e. The van der Waals surface area contributed by atoms with E-state index in [2.05, 4.69) is 6.92 Å². The van der Waals surface area contributed by atoms with Crippen molar-refractivity contribution < 1.29 is 14.6 Å². The molecule has 65 valence electrons. The third-order valence-corrected chi connectivity index (χ3v) is 1.50. The van der Waals surface area contributed by atoms with E-state index in [1.54, 1.807) is 0 Å². The van der Waals surface area contributed by atoms with E-state index in [1.807, 2.05) is 0 Å². The second-order valence-corrected chi connectivity index (χ2v) is 2.36. The molecule has 0 aliphatic heterocycles. The molecular formula is C8H15O3. The molecule has 0 rings (SSSR count). The third-order valence-electron chi connectivity index (χ3n) is 1.50. The molecule has 0 amide bonds. The molecule has 1 unspecified atom stereocenters. The summed E-state index contributed by atoms with van der Waals surface area (Å²) in [4.78, 5) is 9.91. The first-order chi connectivity index (χ1) is 5.35. The van der Waals surface area contributed by atoms with E-state index in [0.29, 0.717) is 12.9 Å². The van der Waals surface area contributed by atoms with Crippen molar-refractivity contribution in [1.29, 1.82) is 0 Å². The Morgan fingerprint density at radius 3 is 2.73 bits per heavy atom. The van der Waals surface area contributed by atoms with Crippen molar-refractivity contribution >= 4 is 6.47 Å². The van der Waals surface area contributed by atoms with Crippen molar-refractivity contribution in [3.8, 4) is 0 Å². The Hall–Kier alpha value is -0.570. The Kier molecular flexibility index (Phi) is 7.15. The van der Waals surface area contributed by atoms with Crippen LogP contribution in [0, 0.1) is 6.92 Å². The molecule has 0 aliphatic rings. The number of hydrogen-bond acceptors (Lipinski definition) is 3. The molecule has 0 heterocycles. The minimum atomic E-state index is -0.0703. The first kappa shape index (κ1) is 10.4. The quantitative estimate of drug-likeness (QED) is 0.443. The lowest BCUT2D eigenvalue weighted by Gasteiger charge is -2.11. The molecule has 1 N–H and O–H groups in total. The molecule has 0 aliphatic carbocycles. The molecule has 1 atom stereocenters. The molecule has 3 heteroatoms. The van der Waals surface area contributed by atoms with Crippen LogP contribution in [-0.4, -0.2) is 24.3 Å². The summed E-state index contributed by atoms with van der Waals surface area (Å²) < 4.78 is 4.71. The number of ether oxygens (including phenoxy) is 1. The molecule has 11 heavy (non-hydrogen) atoms. The van der Waals surface area contributed by atoms with Crippen LogP contribution < -0.4 is 0 Å². The normalized spacial score (nSPS) is 12.5. The fourth-order valence-electron chi connectivity index (χ4n) is 0.843. The van der Waals surface area contributed by atoms with Crippen molar-refractivity contribution in [1.82, 2.24) is 0 Å². The monoisotopic (exact) mass is 159 g/mol. The highest BCUT2D eigenvalue weighted by molar-refractivity contribution is 5.37. The Balaban J connectivity index is 3.27. The van der Waals surface area contributed by atoms with Gasteiger partial charge in [-0.15, -0.1) is 0 Å². The molecule has 0 aromatic carbocycles. The summed E-state index contributed by atoms with van der Waals surface area (Å²) >= 11 is 0. The SMILES string of the molecule is [CH2]CC(CCCCO)OC=O. The maximum absolute atomic E-state index is 9.91. The van der Waals surface area contributed by atoms with Gasteiger partial charge in [-0.05, 0) is 32.6 Å². The fraction of sp³-hybridized carbons (Fsp3) is 0.750.